The third-order valence-electron chi connectivity index (χ3n) is 4.83. The maximum atomic E-state index is 12.0. The second kappa shape index (κ2) is 8.16. The van der Waals surface area contributed by atoms with Gasteiger partial charge in [0.1, 0.15) is 6.54 Å². The number of nitrogens with zero attached hydrogens (tertiary/aromatic N) is 6. The van der Waals surface area contributed by atoms with E-state index in [-0.39, 0.29) is 12.5 Å². The largest absolute Gasteiger partial charge is 0.339 e. The highest BCUT2D eigenvalue weighted by molar-refractivity contribution is 5.90. The van der Waals surface area contributed by atoms with Crippen LogP contribution in [0.15, 0.2) is 54.9 Å². The minimum absolute atomic E-state index is 0.139. The molecular weight excluding hydrogens is 380 g/mol. The van der Waals surface area contributed by atoms with Crippen LogP contribution in [0.1, 0.15) is 17.0 Å². The lowest BCUT2D eigenvalue weighted by atomic mass is 10.2. The average molecular weight is 402 g/mol. The van der Waals surface area contributed by atoms with E-state index in [1.165, 1.54) is 0 Å². The smallest absolute Gasteiger partial charge is 0.246 e. The van der Waals surface area contributed by atoms with Crippen molar-refractivity contribution in [3.63, 3.8) is 0 Å². The molecule has 0 saturated carbocycles. The first-order valence-electron chi connectivity index (χ1n) is 9.51. The third kappa shape index (κ3) is 4.19. The van der Waals surface area contributed by atoms with Crippen LogP contribution in [0.25, 0.3) is 5.82 Å². The summed E-state index contributed by atoms with van der Waals surface area (Å²) in [6.07, 6.45) is 3.39. The molecule has 152 valence electrons. The number of hydrogen-bond donors (Lipinski definition) is 2. The fourth-order valence-corrected chi connectivity index (χ4v) is 2.97. The van der Waals surface area contributed by atoms with E-state index >= 15 is 0 Å². The molecule has 0 radical (unpaired) electrons. The summed E-state index contributed by atoms with van der Waals surface area (Å²) >= 11 is 0. The standard InChI is InChI=1S/C21H22N8O/c1-14-15(2)27-29(16(14)3)20-10-9-19(25-26-20)23-17-5-7-18(8-6-17)24-21(30)13-28-12-4-11-22-28/h4-12H,13H2,1-3H3,(H,23,25)(H,24,30). The predicted octanol–water partition coefficient (Wildman–Crippen LogP) is 3.17. The molecule has 3 aromatic heterocycles. The molecule has 0 saturated heterocycles. The van der Waals surface area contributed by atoms with Crippen molar-refractivity contribution in [3.05, 3.63) is 71.8 Å². The van der Waals surface area contributed by atoms with Gasteiger partial charge in [-0.1, -0.05) is 0 Å². The Morgan fingerprint density at radius 1 is 1.00 bits per heavy atom. The van der Waals surface area contributed by atoms with Crippen molar-refractivity contribution in [2.24, 2.45) is 0 Å². The number of nitrogens with one attached hydrogen (secondary N) is 2. The van der Waals surface area contributed by atoms with E-state index in [1.54, 1.807) is 27.8 Å². The maximum Gasteiger partial charge on any atom is 0.246 e. The summed E-state index contributed by atoms with van der Waals surface area (Å²) in [5.74, 6) is 1.15. The molecule has 0 spiro atoms. The van der Waals surface area contributed by atoms with Crippen LogP contribution in [0, 0.1) is 20.8 Å². The maximum absolute atomic E-state index is 12.0. The second-order valence-electron chi connectivity index (χ2n) is 6.94. The Morgan fingerprint density at radius 2 is 1.77 bits per heavy atom. The number of hydrogen-bond acceptors (Lipinski definition) is 6. The van der Waals surface area contributed by atoms with Crippen LogP contribution in [0.5, 0.6) is 0 Å². The van der Waals surface area contributed by atoms with E-state index in [0.29, 0.717) is 17.3 Å². The van der Waals surface area contributed by atoms with Crippen molar-refractivity contribution in [1.82, 2.24) is 29.8 Å². The fraction of sp³-hybridized carbons (Fsp3) is 0.190. The molecule has 0 aliphatic rings. The highest BCUT2D eigenvalue weighted by Gasteiger charge is 2.10. The summed E-state index contributed by atoms with van der Waals surface area (Å²) in [7, 11) is 0. The molecule has 2 N–H and O–H groups in total. The van der Waals surface area contributed by atoms with Crippen molar-refractivity contribution in [2.45, 2.75) is 27.3 Å². The Hall–Kier alpha value is -4.01. The Morgan fingerprint density at radius 3 is 2.37 bits per heavy atom. The van der Waals surface area contributed by atoms with Crippen LogP contribution in [0.3, 0.4) is 0 Å². The molecule has 0 aliphatic heterocycles. The van der Waals surface area contributed by atoms with Gasteiger partial charge in [0.15, 0.2) is 11.6 Å². The predicted molar refractivity (Wildman–Crippen MR) is 114 cm³/mol. The second-order valence-corrected chi connectivity index (χ2v) is 6.94. The first-order chi connectivity index (χ1) is 14.5. The molecule has 4 rings (SSSR count). The topological polar surface area (TPSA) is 103 Å². The molecule has 0 atom stereocenters. The summed E-state index contributed by atoms with van der Waals surface area (Å²) in [5, 5.41) is 23.1. The molecule has 4 aromatic rings. The van der Waals surface area contributed by atoms with Crippen LogP contribution < -0.4 is 10.6 Å². The van der Waals surface area contributed by atoms with Crippen molar-refractivity contribution in [2.75, 3.05) is 10.6 Å². The van der Waals surface area contributed by atoms with Gasteiger partial charge < -0.3 is 10.6 Å². The fourth-order valence-electron chi connectivity index (χ4n) is 2.97. The minimum Gasteiger partial charge on any atom is -0.339 e. The van der Waals surface area contributed by atoms with Gasteiger partial charge in [0.2, 0.25) is 5.91 Å². The average Bonchev–Trinajstić information content (AvgIpc) is 3.34. The summed E-state index contributed by atoms with van der Waals surface area (Å²) in [5.41, 5.74) is 4.72. The summed E-state index contributed by atoms with van der Waals surface area (Å²) < 4.78 is 3.36. The molecule has 3 heterocycles. The highest BCUT2D eigenvalue weighted by Crippen LogP contribution is 2.19. The summed E-state index contributed by atoms with van der Waals surface area (Å²) in [6, 6.07) is 12.9. The van der Waals surface area contributed by atoms with Crippen molar-refractivity contribution < 1.29 is 4.79 Å². The monoisotopic (exact) mass is 402 g/mol. The van der Waals surface area contributed by atoms with E-state index in [0.717, 1.165) is 22.6 Å². The molecule has 0 aliphatic carbocycles. The Labute approximate surface area is 173 Å². The third-order valence-corrected chi connectivity index (χ3v) is 4.83. The molecule has 0 unspecified atom stereocenters. The zero-order valence-corrected chi connectivity index (χ0v) is 17.0. The van der Waals surface area contributed by atoms with Crippen LogP contribution in [-0.4, -0.2) is 35.7 Å². The van der Waals surface area contributed by atoms with Gasteiger partial charge in [-0.3, -0.25) is 9.48 Å². The number of aryl methyl sites for hydroxylation is 1. The Kier molecular flexibility index (Phi) is 5.25. The number of carbonyl (C=O) groups is 1. The number of carbonyl (C=O) groups excluding carboxylic acids is 1. The lowest BCUT2D eigenvalue weighted by Crippen LogP contribution is -2.18. The Bertz CT molecular complexity index is 1150. The van der Waals surface area contributed by atoms with E-state index in [2.05, 4.69) is 31.0 Å². The van der Waals surface area contributed by atoms with Crippen molar-refractivity contribution in [1.29, 1.82) is 0 Å². The van der Waals surface area contributed by atoms with E-state index in [4.69, 9.17) is 0 Å². The van der Waals surface area contributed by atoms with Gasteiger partial charge in [-0.15, -0.1) is 10.2 Å². The number of amides is 1. The number of benzene rings is 1. The zero-order chi connectivity index (χ0) is 21.1. The van der Waals surface area contributed by atoms with Crippen LogP contribution >= 0.6 is 0 Å². The molecule has 1 amide bonds. The lowest BCUT2D eigenvalue weighted by molar-refractivity contribution is -0.116. The van der Waals surface area contributed by atoms with E-state index < -0.39 is 0 Å². The summed E-state index contributed by atoms with van der Waals surface area (Å²) in [4.78, 5) is 12.0. The van der Waals surface area contributed by atoms with Gasteiger partial charge in [-0.2, -0.15) is 10.2 Å². The van der Waals surface area contributed by atoms with Gasteiger partial charge in [-0.25, -0.2) is 4.68 Å². The number of anilines is 3. The van der Waals surface area contributed by atoms with Gasteiger partial charge in [0.25, 0.3) is 0 Å². The van der Waals surface area contributed by atoms with E-state index in [9.17, 15) is 4.79 Å². The Balaban J connectivity index is 1.38. The zero-order valence-electron chi connectivity index (χ0n) is 17.0. The minimum atomic E-state index is -0.139. The summed E-state index contributed by atoms with van der Waals surface area (Å²) in [6.45, 7) is 6.20. The molecule has 30 heavy (non-hydrogen) atoms. The van der Waals surface area contributed by atoms with Crippen LogP contribution in [0.4, 0.5) is 17.2 Å². The van der Waals surface area contributed by atoms with Crippen molar-refractivity contribution >= 4 is 23.1 Å². The van der Waals surface area contributed by atoms with Crippen molar-refractivity contribution in [3.8, 4) is 5.82 Å². The molecule has 9 heteroatoms. The van der Waals surface area contributed by atoms with Gasteiger partial charge in [0, 0.05) is 29.5 Å². The van der Waals surface area contributed by atoms with E-state index in [1.807, 2.05) is 57.2 Å². The molecule has 0 fully saturated rings. The van der Waals surface area contributed by atoms with Gasteiger partial charge >= 0.3 is 0 Å². The quantitative estimate of drug-likeness (QED) is 0.514. The molecular formula is C21H22N8O. The first-order valence-corrected chi connectivity index (χ1v) is 9.51. The molecule has 1 aromatic carbocycles. The van der Waals surface area contributed by atoms with Gasteiger partial charge in [0.05, 0.1) is 5.69 Å². The van der Waals surface area contributed by atoms with Crippen LogP contribution in [0.2, 0.25) is 0 Å². The molecule has 9 nitrogen and oxygen atoms in total. The molecule has 0 bridgehead atoms. The first kappa shape index (κ1) is 19.3. The van der Waals surface area contributed by atoms with Crippen LogP contribution in [-0.2, 0) is 11.3 Å². The lowest BCUT2D eigenvalue weighted by Gasteiger charge is -2.09. The number of aromatic nitrogens is 6. The highest BCUT2D eigenvalue weighted by atomic mass is 16.2. The SMILES string of the molecule is Cc1nn(-c2ccc(Nc3ccc(NC(=O)Cn4cccn4)cc3)nn2)c(C)c1C. The van der Waals surface area contributed by atoms with Gasteiger partial charge in [-0.05, 0) is 68.8 Å². The number of rotatable bonds is 6. The normalized spacial score (nSPS) is 10.8.